The van der Waals surface area contributed by atoms with Crippen LogP contribution in [0.4, 0.5) is 19.0 Å². The van der Waals surface area contributed by atoms with Gasteiger partial charge in [0.15, 0.2) is 5.65 Å². The number of aromatic amines is 1. The molecule has 3 N–H and O–H groups in total. The van der Waals surface area contributed by atoms with Crippen LogP contribution >= 0.6 is 0 Å². The van der Waals surface area contributed by atoms with E-state index < -0.39 is 11.7 Å². The zero-order valence-electron chi connectivity index (χ0n) is 10.6. The van der Waals surface area contributed by atoms with Gasteiger partial charge in [0.2, 0.25) is 0 Å². The molecule has 0 fully saturated rings. The predicted molar refractivity (Wildman–Crippen MR) is 70.3 cm³/mol. The molecule has 1 aromatic carbocycles. The fraction of sp³-hybridized carbons (Fsp3) is 0.154. The first kappa shape index (κ1) is 13.3. The van der Waals surface area contributed by atoms with Crippen molar-refractivity contribution in [2.75, 3.05) is 5.73 Å². The molecule has 0 unspecified atom stereocenters. The molecule has 0 bridgehead atoms. The van der Waals surface area contributed by atoms with Crippen LogP contribution in [0.15, 0.2) is 30.3 Å². The highest BCUT2D eigenvalue weighted by Crippen LogP contribution is 2.30. The average molecular weight is 293 g/mol. The van der Waals surface area contributed by atoms with Gasteiger partial charge in [0.1, 0.15) is 11.3 Å². The Morgan fingerprint density at radius 1 is 1.19 bits per heavy atom. The Kier molecular flexibility index (Phi) is 3.00. The van der Waals surface area contributed by atoms with Crippen molar-refractivity contribution in [3.8, 4) is 0 Å². The average Bonchev–Trinajstić information content (AvgIpc) is 2.86. The lowest BCUT2D eigenvalue weighted by Gasteiger charge is -2.09. The Morgan fingerprint density at radius 2 is 2.00 bits per heavy atom. The van der Waals surface area contributed by atoms with E-state index in [9.17, 15) is 13.2 Å². The standard InChI is InChI=1S/C13H10F3N5/c14-13(15,16)9-3-1-2-7(5-9)4-8-6-10(17)18-12-11(8)19-21-20-12/h1-3,5-6H,4H2,(H3,17,18,19,20,21). The number of hydrogen-bond donors (Lipinski definition) is 2. The lowest BCUT2D eigenvalue weighted by Crippen LogP contribution is -2.05. The third-order valence-electron chi connectivity index (χ3n) is 3.05. The van der Waals surface area contributed by atoms with Gasteiger partial charge in [-0.15, -0.1) is 5.10 Å². The molecule has 0 aliphatic heterocycles. The molecule has 5 nitrogen and oxygen atoms in total. The molecule has 2 heterocycles. The van der Waals surface area contributed by atoms with Gasteiger partial charge in [-0.3, -0.25) is 0 Å². The van der Waals surface area contributed by atoms with E-state index in [1.807, 2.05) is 0 Å². The highest BCUT2D eigenvalue weighted by Gasteiger charge is 2.30. The Morgan fingerprint density at radius 3 is 2.76 bits per heavy atom. The maximum atomic E-state index is 12.7. The van der Waals surface area contributed by atoms with Gasteiger partial charge >= 0.3 is 6.18 Å². The maximum Gasteiger partial charge on any atom is 0.416 e. The molecule has 0 saturated carbocycles. The molecular formula is C13H10F3N5. The van der Waals surface area contributed by atoms with E-state index in [0.717, 1.165) is 12.1 Å². The second-order valence-corrected chi connectivity index (χ2v) is 4.59. The maximum absolute atomic E-state index is 12.7. The fourth-order valence-electron chi connectivity index (χ4n) is 2.14. The van der Waals surface area contributed by atoms with Crippen molar-refractivity contribution in [2.45, 2.75) is 12.6 Å². The minimum atomic E-state index is -4.36. The molecule has 108 valence electrons. The number of halogens is 3. The minimum absolute atomic E-state index is 0.260. The summed E-state index contributed by atoms with van der Waals surface area (Å²) in [5.41, 5.74) is 7.09. The van der Waals surface area contributed by atoms with Crippen LogP contribution < -0.4 is 5.73 Å². The van der Waals surface area contributed by atoms with Gasteiger partial charge in [0.25, 0.3) is 0 Å². The number of nitrogens with two attached hydrogens (primary N) is 1. The molecular weight excluding hydrogens is 283 g/mol. The van der Waals surface area contributed by atoms with Crippen molar-refractivity contribution < 1.29 is 13.2 Å². The normalized spacial score (nSPS) is 12.0. The Balaban J connectivity index is 2.01. The number of rotatable bonds is 2. The summed E-state index contributed by atoms with van der Waals surface area (Å²) in [4.78, 5) is 4.01. The van der Waals surface area contributed by atoms with Crippen LogP contribution in [0, 0.1) is 0 Å². The van der Waals surface area contributed by atoms with Crippen LogP contribution in [-0.2, 0) is 12.6 Å². The van der Waals surface area contributed by atoms with Gasteiger partial charge in [-0.1, -0.05) is 23.4 Å². The number of nitrogen functional groups attached to an aromatic ring is 1. The molecule has 0 spiro atoms. The summed E-state index contributed by atoms with van der Waals surface area (Å²) in [6, 6.07) is 6.74. The number of nitrogens with zero attached hydrogens (tertiary/aromatic N) is 3. The van der Waals surface area contributed by atoms with E-state index in [4.69, 9.17) is 5.73 Å². The predicted octanol–water partition coefficient (Wildman–Crippen LogP) is 2.54. The SMILES string of the molecule is Nc1cc(Cc2cccc(C(F)(F)F)c2)c2nn[nH]c2n1. The second-order valence-electron chi connectivity index (χ2n) is 4.59. The van der Waals surface area contributed by atoms with Crippen molar-refractivity contribution in [2.24, 2.45) is 0 Å². The van der Waals surface area contributed by atoms with E-state index in [1.54, 1.807) is 12.1 Å². The summed E-state index contributed by atoms with van der Waals surface area (Å²) < 4.78 is 38.2. The monoisotopic (exact) mass is 293 g/mol. The van der Waals surface area contributed by atoms with E-state index in [0.29, 0.717) is 22.3 Å². The fourth-order valence-corrected chi connectivity index (χ4v) is 2.14. The van der Waals surface area contributed by atoms with Gasteiger partial charge in [0.05, 0.1) is 5.56 Å². The number of anilines is 1. The summed E-state index contributed by atoms with van der Waals surface area (Å²) in [6.45, 7) is 0. The zero-order valence-corrected chi connectivity index (χ0v) is 10.6. The molecule has 3 aromatic rings. The summed E-state index contributed by atoms with van der Waals surface area (Å²) in [5.74, 6) is 0.260. The van der Waals surface area contributed by atoms with E-state index in [-0.39, 0.29) is 12.2 Å². The first-order valence-electron chi connectivity index (χ1n) is 6.06. The molecule has 0 saturated heterocycles. The smallest absolute Gasteiger partial charge is 0.384 e. The highest BCUT2D eigenvalue weighted by atomic mass is 19.4. The van der Waals surface area contributed by atoms with E-state index >= 15 is 0 Å². The first-order chi connectivity index (χ1) is 9.93. The third kappa shape index (κ3) is 2.64. The van der Waals surface area contributed by atoms with Gasteiger partial charge in [-0.2, -0.15) is 13.2 Å². The molecule has 21 heavy (non-hydrogen) atoms. The molecule has 0 atom stereocenters. The van der Waals surface area contributed by atoms with Crippen molar-refractivity contribution in [1.82, 2.24) is 20.4 Å². The van der Waals surface area contributed by atoms with E-state index in [1.165, 1.54) is 6.07 Å². The van der Waals surface area contributed by atoms with Crippen molar-refractivity contribution >= 4 is 17.0 Å². The number of benzene rings is 1. The van der Waals surface area contributed by atoms with Crippen LogP contribution in [0.2, 0.25) is 0 Å². The third-order valence-corrected chi connectivity index (χ3v) is 3.05. The number of pyridine rings is 1. The molecule has 0 aliphatic carbocycles. The molecule has 2 aromatic heterocycles. The van der Waals surface area contributed by atoms with Gasteiger partial charge in [-0.25, -0.2) is 10.1 Å². The van der Waals surface area contributed by atoms with Crippen molar-refractivity contribution in [1.29, 1.82) is 0 Å². The molecule has 8 heteroatoms. The largest absolute Gasteiger partial charge is 0.416 e. The van der Waals surface area contributed by atoms with Gasteiger partial charge in [-0.05, 0) is 29.7 Å². The lowest BCUT2D eigenvalue weighted by atomic mass is 10.0. The molecule has 3 rings (SSSR count). The van der Waals surface area contributed by atoms with Crippen LogP contribution in [0.25, 0.3) is 11.2 Å². The van der Waals surface area contributed by atoms with Crippen molar-refractivity contribution in [3.05, 3.63) is 47.0 Å². The second kappa shape index (κ2) is 4.72. The molecule has 0 radical (unpaired) electrons. The van der Waals surface area contributed by atoms with Crippen LogP contribution in [0.1, 0.15) is 16.7 Å². The first-order valence-corrected chi connectivity index (χ1v) is 6.06. The Bertz CT molecular complexity index is 794. The summed E-state index contributed by atoms with van der Waals surface area (Å²) in [6.07, 6.45) is -4.10. The molecule has 0 aliphatic rings. The topological polar surface area (TPSA) is 80.5 Å². The quantitative estimate of drug-likeness (QED) is 0.761. The van der Waals surface area contributed by atoms with Crippen molar-refractivity contribution in [3.63, 3.8) is 0 Å². The number of alkyl halides is 3. The Labute approximate surface area is 117 Å². The number of fused-ring (bicyclic) bond motifs is 1. The Hall–Kier alpha value is -2.64. The lowest BCUT2D eigenvalue weighted by molar-refractivity contribution is -0.137. The number of H-pyrrole nitrogens is 1. The van der Waals surface area contributed by atoms with Crippen LogP contribution in [-0.4, -0.2) is 20.4 Å². The van der Waals surface area contributed by atoms with E-state index in [2.05, 4.69) is 20.4 Å². The zero-order chi connectivity index (χ0) is 15.0. The number of nitrogens with one attached hydrogen (secondary N) is 1. The minimum Gasteiger partial charge on any atom is -0.384 e. The number of aromatic nitrogens is 4. The van der Waals surface area contributed by atoms with Crippen LogP contribution in [0.5, 0.6) is 0 Å². The summed E-state index contributed by atoms with van der Waals surface area (Å²) >= 11 is 0. The summed E-state index contributed by atoms with van der Waals surface area (Å²) in [5, 5.41) is 10.1. The molecule has 0 amide bonds. The van der Waals surface area contributed by atoms with Gasteiger partial charge in [0, 0.05) is 0 Å². The highest BCUT2D eigenvalue weighted by molar-refractivity contribution is 5.76. The van der Waals surface area contributed by atoms with Crippen LogP contribution in [0.3, 0.4) is 0 Å². The van der Waals surface area contributed by atoms with Gasteiger partial charge < -0.3 is 5.73 Å². The number of hydrogen-bond acceptors (Lipinski definition) is 4. The summed E-state index contributed by atoms with van der Waals surface area (Å²) in [7, 11) is 0.